The summed E-state index contributed by atoms with van der Waals surface area (Å²) in [6.07, 6.45) is -3.29. The fraction of sp³-hybridized carbons (Fsp3) is 0.0714. The van der Waals surface area contributed by atoms with Gasteiger partial charge >= 0.3 is 6.18 Å². The topological polar surface area (TPSA) is 43.3 Å². The lowest BCUT2D eigenvalue weighted by Gasteiger charge is -2.07. The lowest BCUT2D eigenvalue weighted by Crippen LogP contribution is -2.05. The molecule has 0 aliphatic heterocycles. The van der Waals surface area contributed by atoms with E-state index in [0.717, 1.165) is 12.1 Å². The molecule has 0 radical (unpaired) electrons. The second-order valence-corrected chi connectivity index (χ2v) is 4.51. The molecule has 0 spiro atoms. The minimum Gasteiger partial charge on any atom is -0.382 e. The van der Waals surface area contributed by atoms with E-state index in [2.05, 4.69) is 5.10 Å². The average Bonchev–Trinajstić information content (AvgIpc) is 2.72. The SMILES string of the molecule is Nc1nn2ccc(C(F)(F)F)cc2c1-c1cccc(F)c1. The van der Waals surface area contributed by atoms with Crippen LogP contribution in [0.1, 0.15) is 5.56 Å². The Morgan fingerprint density at radius 2 is 1.86 bits per heavy atom. The van der Waals surface area contributed by atoms with Gasteiger partial charge in [-0.15, -0.1) is 0 Å². The molecule has 0 amide bonds. The van der Waals surface area contributed by atoms with E-state index < -0.39 is 17.6 Å². The molecule has 2 N–H and O–H groups in total. The number of benzene rings is 1. The maximum atomic E-state index is 13.3. The van der Waals surface area contributed by atoms with Gasteiger partial charge in [0.2, 0.25) is 0 Å². The van der Waals surface area contributed by atoms with Crippen molar-refractivity contribution in [2.45, 2.75) is 6.18 Å². The van der Waals surface area contributed by atoms with Gasteiger partial charge in [0, 0.05) is 6.20 Å². The highest BCUT2D eigenvalue weighted by molar-refractivity contribution is 5.88. The molecule has 108 valence electrons. The molecule has 2 heterocycles. The van der Waals surface area contributed by atoms with Crippen molar-refractivity contribution in [1.29, 1.82) is 0 Å². The zero-order valence-electron chi connectivity index (χ0n) is 10.5. The summed E-state index contributed by atoms with van der Waals surface area (Å²) in [7, 11) is 0. The van der Waals surface area contributed by atoms with Crippen molar-refractivity contribution in [3.8, 4) is 11.1 Å². The number of hydrogen-bond acceptors (Lipinski definition) is 2. The Morgan fingerprint density at radius 3 is 2.52 bits per heavy atom. The van der Waals surface area contributed by atoms with Gasteiger partial charge in [-0.3, -0.25) is 0 Å². The maximum absolute atomic E-state index is 13.3. The van der Waals surface area contributed by atoms with Crippen molar-refractivity contribution in [2.24, 2.45) is 0 Å². The van der Waals surface area contributed by atoms with Crippen molar-refractivity contribution in [3.05, 3.63) is 54.0 Å². The Labute approximate surface area is 116 Å². The summed E-state index contributed by atoms with van der Waals surface area (Å²) in [5.41, 5.74) is 5.78. The molecule has 0 saturated heterocycles. The van der Waals surface area contributed by atoms with Crippen LogP contribution in [0.5, 0.6) is 0 Å². The smallest absolute Gasteiger partial charge is 0.382 e. The van der Waals surface area contributed by atoms with E-state index in [9.17, 15) is 17.6 Å². The van der Waals surface area contributed by atoms with Crippen LogP contribution in [0.15, 0.2) is 42.6 Å². The predicted molar refractivity (Wildman–Crippen MR) is 70.0 cm³/mol. The minimum absolute atomic E-state index is 0.0416. The van der Waals surface area contributed by atoms with Crippen LogP contribution in [0.3, 0.4) is 0 Å². The quantitative estimate of drug-likeness (QED) is 0.695. The molecule has 0 saturated carbocycles. The van der Waals surface area contributed by atoms with Crippen molar-refractivity contribution in [2.75, 3.05) is 5.73 Å². The van der Waals surface area contributed by atoms with Crippen LogP contribution in [-0.2, 0) is 6.18 Å². The fourth-order valence-corrected chi connectivity index (χ4v) is 2.18. The highest BCUT2D eigenvalue weighted by Gasteiger charge is 2.31. The fourth-order valence-electron chi connectivity index (χ4n) is 2.18. The van der Waals surface area contributed by atoms with Crippen LogP contribution < -0.4 is 5.73 Å². The van der Waals surface area contributed by atoms with Crippen LogP contribution in [0.4, 0.5) is 23.4 Å². The molecule has 21 heavy (non-hydrogen) atoms. The third-order valence-corrected chi connectivity index (χ3v) is 3.10. The van der Waals surface area contributed by atoms with Crippen LogP contribution in [0.25, 0.3) is 16.6 Å². The van der Waals surface area contributed by atoms with E-state index in [1.165, 1.54) is 28.9 Å². The Bertz CT molecular complexity index is 821. The second kappa shape index (κ2) is 4.47. The number of rotatable bonds is 1. The summed E-state index contributed by atoms with van der Waals surface area (Å²) < 4.78 is 53.0. The van der Waals surface area contributed by atoms with Crippen molar-refractivity contribution in [1.82, 2.24) is 9.61 Å². The monoisotopic (exact) mass is 295 g/mol. The number of nitrogens with two attached hydrogens (primary N) is 1. The summed E-state index contributed by atoms with van der Waals surface area (Å²) in [5.74, 6) is -0.460. The summed E-state index contributed by atoms with van der Waals surface area (Å²) in [5, 5.41) is 3.95. The van der Waals surface area contributed by atoms with Gasteiger partial charge < -0.3 is 5.73 Å². The number of nitrogens with zero attached hydrogens (tertiary/aromatic N) is 2. The summed E-state index contributed by atoms with van der Waals surface area (Å²) in [6.45, 7) is 0. The third-order valence-electron chi connectivity index (χ3n) is 3.10. The number of hydrogen-bond donors (Lipinski definition) is 1. The standard InChI is InChI=1S/C14H9F4N3/c15-10-3-1-2-8(6-10)12-11-7-9(14(16,17)18)4-5-21(11)20-13(12)19/h1-7H,(H2,19,20). The molecule has 0 aliphatic rings. The molecule has 1 aromatic carbocycles. The van der Waals surface area contributed by atoms with Crippen LogP contribution in [0, 0.1) is 5.82 Å². The number of anilines is 1. The Morgan fingerprint density at radius 1 is 1.10 bits per heavy atom. The molecule has 0 atom stereocenters. The first-order valence-corrected chi connectivity index (χ1v) is 5.97. The molecule has 2 aromatic heterocycles. The number of aromatic nitrogens is 2. The zero-order chi connectivity index (χ0) is 15.2. The molecule has 0 aliphatic carbocycles. The first-order chi connectivity index (χ1) is 9.86. The first-order valence-electron chi connectivity index (χ1n) is 5.97. The molecule has 3 aromatic rings. The largest absolute Gasteiger partial charge is 0.416 e. The van der Waals surface area contributed by atoms with Crippen molar-refractivity contribution in [3.63, 3.8) is 0 Å². The normalized spacial score (nSPS) is 12.0. The average molecular weight is 295 g/mol. The number of halogens is 4. The van der Waals surface area contributed by atoms with Gasteiger partial charge in [0.15, 0.2) is 5.82 Å². The van der Waals surface area contributed by atoms with Gasteiger partial charge in [0.05, 0.1) is 16.6 Å². The molecule has 7 heteroatoms. The highest BCUT2D eigenvalue weighted by atomic mass is 19.4. The number of fused-ring (bicyclic) bond motifs is 1. The van der Waals surface area contributed by atoms with Crippen LogP contribution in [0.2, 0.25) is 0 Å². The van der Waals surface area contributed by atoms with Gasteiger partial charge in [-0.25, -0.2) is 8.91 Å². The summed E-state index contributed by atoms with van der Waals surface area (Å²) >= 11 is 0. The lowest BCUT2D eigenvalue weighted by atomic mass is 10.1. The minimum atomic E-state index is -4.47. The zero-order valence-corrected chi connectivity index (χ0v) is 10.5. The molecule has 0 bridgehead atoms. The Hall–Kier alpha value is -2.57. The van der Waals surface area contributed by atoms with E-state index in [0.29, 0.717) is 5.56 Å². The number of nitrogen functional groups attached to an aromatic ring is 1. The molecular formula is C14H9F4N3. The van der Waals surface area contributed by atoms with Gasteiger partial charge in [0.1, 0.15) is 5.82 Å². The highest BCUT2D eigenvalue weighted by Crippen LogP contribution is 2.35. The van der Waals surface area contributed by atoms with E-state index in [-0.39, 0.29) is 16.9 Å². The Kier molecular flexibility index (Phi) is 2.86. The molecule has 3 nitrogen and oxygen atoms in total. The lowest BCUT2D eigenvalue weighted by molar-refractivity contribution is -0.137. The van der Waals surface area contributed by atoms with Crippen LogP contribution >= 0.6 is 0 Å². The van der Waals surface area contributed by atoms with E-state index in [4.69, 9.17) is 5.73 Å². The van der Waals surface area contributed by atoms with Gasteiger partial charge in [0.25, 0.3) is 0 Å². The van der Waals surface area contributed by atoms with Gasteiger partial charge in [-0.05, 0) is 29.8 Å². The van der Waals surface area contributed by atoms with Crippen molar-refractivity contribution < 1.29 is 17.6 Å². The first kappa shape index (κ1) is 13.4. The second-order valence-electron chi connectivity index (χ2n) is 4.51. The van der Waals surface area contributed by atoms with Gasteiger partial charge in [-0.1, -0.05) is 12.1 Å². The van der Waals surface area contributed by atoms with E-state index in [1.54, 1.807) is 6.07 Å². The predicted octanol–water partition coefficient (Wildman–Crippen LogP) is 3.74. The summed E-state index contributed by atoms with van der Waals surface area (Å²) in [6, 6.07) is 7.33. The maximum Gasteiger partial charge on any atom is 0.416 e. The third kappa shape index (κ3) is 2.31. The van der Waals surface area contributed by atoms with Crippen LogP contribution in [-0.4, -0.2) is 9.61 Å². The molecular weight excluding hydrogens is 286 g/mol. The number of pyridine rings is 1. The van der Waals surface area contributed by atoms with E-state index >= 15 is 0 Å². The summed E-state index contributed by atoms with van der Waals surface area (Å²) in [4.78, 5) is 0. The molecule has 0 unspecified atom stereocenters. The van der Waals surface area contributed by atoms with Gasteiger partial charge in [-0.2, -0.15) is 18.3 Å². The Balaban J connectivity index is 2.29. The van der Waals surface area contributed by atoms with Crippen molar-refractivity contribution >= 4 is 11.3 Å². The number of alkyl halides is 3. The molecule has 0 fully saturated rings. The molecule has 3 rings (SSSR count). The van der Waals surface area contributed by atoms with E-state index in [1.807, 2.05) is 0 Å².